The van der Waals surface area contributed by atoms with Crippen molar-refractivity contribution in [3.05, 3.63) is 40.6 Å². The van der Waals surface area contributed by atoms with Crippen LogP contribution in [0.5, 0.6) is 0 Å². The molecule has 2 N–H and O–H groups in total. The summed E-state index contributed by atoms with van der Waals surface area (Å²) in [6, 6.07) is 4.82. The van der Waals surface area contributed by atoms with Crippen molar-refractivity contribution in [3.8, 4) is 0 Å². The van der Waals surface area contributed by atoms with E-state index < -0.39 is 18.0 Å². The second kappa shape index (κ2) is 10.8. The molecule has 0 radical (unpaired) electrons. The summed E-state index contributed by atoms with van der Waals surface area (Å²) in [5, 5.41) is 31.8. The second-order valence-corrected chi connectivity index (χ2v) is 9.17. The van der Waals surface area contributed by atoms with Crippen molar-refractivity contribution in [2.75, 3.05) is 12.3 Å². The van der Waals surface area contributed by atoms with Crippen LogP contribution in [0.3, 0.4) is 0 Å². The van der Waals surface area contributed by atoms with E-state index in [2.05, 4.69) is 0 Å². The van der Waals surface area contributed by atoms with Crippen LogP contribution in [0.4, 0.5) is 0 Å². The number of hydroxylamine groups is 2. The van der Waals surface area contributed by atoms with Crippen LogP contribution in [0.2, 0.25) is 0 Å². The molecule has 1 aliphatic rings. The summed E-state index contributed by atoms with van der Waals surface area (Å²) < 4.78 is 0. The Morgan fingerprint density at radius 3 is 2.50 bits per heavy atom. The Labute approximate surface area is 161 Å². The molecule has 0 aromatic heterocycles. The van der Waals surface area contributed by atoms with E-state index in [1.54, 1.807) is 12.1 Å². The number of carbonyl (C=O) groups is 2. The normalized spacial score (nSPS) is 18.2. The standard InChI is InChI=1S/C18H24NO5S2/c20-17(21)14-7-5-13(6-8-14)12-16(18(22)23)19(24)10-3-1-2-4-15-9-11-25-26-15/h5-8,15-16H,1-4,9-12H2,(H,20,21)(H,22,23)/q-1/t15-,16+/m1/s1. The van der Waals surface area contributed by atoms with Gasteiger partial charge in [0.25, 0.3) is 0 Å². The average molecular weight is 399 g/mol. The first-order valence-electron chi connectivity index (χ1n) is 8.74. The van der Waals surface area contributed by atoms with E-state index in [9.17, 15) is 19.9 Å². The van der Waals surface area contributed by atoms with Gasteiger partial charge < -0.3 is 20.5 Å². The van der Waals surface area contributed by atoms with Crippen molar-refractivity contribution in [2.24, 2.45) is 0 Å². The minimum atomic E-state index is -1.15. The summed E-state index contributed by atoms with van der Waals surface area (Å²) in [6.45, 7) is 0.205. The van der Waals surface area contributed by atoms with Gasteiger partial charge in [-0.15, -0.1) is 0 Å². The van der Waals surface area contributed by atoms with E-state index in [1.807, 2.05) is 21.6 Å². The lowest BCUT2D eigenvalue weighted by molar-refractivity contribution is -0.142. The topological polar surface area (TPSA) is 101 Å². The van der Waals surface area contributed by atoms with E-state index in [0.717, 1.165) is 24.5 Å². The van der Waals surface area contributed by atoms with Gasteiger partial charge in [0.15, 0.2) is 0 Å². The highest BCUT2D eigenvalue weighted by Gasteiger charge is 2.20. The summed E-state index contributed by atoms with van der Waals surface area (Å²) in [6.07, 6.45) is 5.17. The molecule has 2 atom stereocenters. The van der Waals surface area contributed by atoms with E-state index >= 15 is 0 Å². The lowest BCUT2D eigenvalue weighted by atomic mass is 10.0. The third kappa shape index (κ3) is 6.83. The zero-order valence-electron chi connectivity index (χ0n) is 14.5. The molecule has 6 nitrogen and oxygen atoms in total. The number of carboxylic acid groups (broad SMARTS) is 2. The van der Waals surface area contributed by atoms with Gasteiger partial charge >= 0.3 is 11.9 Å². The lowest BCUT2D eigenvalue weighted by Crippen LogP contribution is -2.39. The molecule has 0 spiro atoms. The van der Waals surface area contributed by atoms with Gasteiger partial charge in [-0.2, -0.15) is 0 Å². The van der Waals surface area contributed by atoms with Crippen LogP contribution in [-0.4, -0.2) is 50.8 Å². The minimum Gasteiger partial charge on any atom is -0.785 e. The van der Waals surface area contributed by atoms with Crippen molar-refractivity contribution in [1.82, 2.24) is 5.06 Å². The second-order valence-electron chi connectivity index (χ2n) is 6.38. The fourth-order valence-electron chi connectivity index (χ4n) is 2.86. The molecule has 0 saturated carbocycles. The molecule has 1 aromatic rings. The molecule has 2 rings (SSSR count). The zero-order valence-corrected chi connectivity index (χ0v) is 16.1. The van der Waals surface area contributed by atoms with Crippen LogP contribution < -0.4 is 0 Å². The Balaban J connectivity index is 1.76. The molecular formula is C18H24NO5S2-. The van der Waals surface area contributed by atoms with Crippen LogP contribution in [-0.2, 0) is 11.2 Å². The van der Waals surface area contributed by atoms with Gasteiger partial charge in [0, 0.05) is 11.0 Å². The van der Waals surface area contributed by atoms with Gasteiger partial charge in [-0.3, -0.25) is 4.79 Å². The first kappa shape index (κ1) is 21.1. The highest BCUT2D eigenvalue weighted by atomic mass is 33.1. The summed E-state index contributed by atoms with van der Waals surface area (Å²) in [5.41, 5.74) is 0.775. The van der Waals surface area contributed by atoms with Crippen molar-refractivity contribution in [1.29, 1.82) is 0 Å². The maximum atomic E-state index is 12.2. The smallest absolute Gasteiger partial charge is 0.335 e. The molecule has 1 saturated heterocycles. The van der Waals surface area contributed by atoms with Gasteiger partial charge in [-0.25, -0.2) is 4.79 Å². The van der Waals surface area contributed by atoms with Crippen molar-refractivity contribution < 1.29 is 19.8 Å². The number of rotatable bonds is 11. The molecule has 144 valence electrons. The highest BCUT2D eigenvalue weighted by molar-refractivity contribution is 8.77. The number of nitrogens with zero attached hydrogens (tertiary/aromatic N) is 1. The number of carboxylic acids is 2. The first-order valence-corrected chi connectivity index (χ1v) is 11.1. The molecule has 0 amide bonds. The average Bonchev–Trinajstić information content (AvgIpc) is 3.12. The quantitative estimate of drug-likeness (QED) is 0.329. The first-order chi connectivity index (χ1) is 12.5. The Morgan fingerprint density at radius 2 is 1.92 bits per heavy atom. The van der Waals surface area contributed by atoms with Crippen LogP contribution in [0.1, 0.15) is 48.0 Å². The molecule has 1 aromatic carbocycles. The van der Waals surface area contributed by atoms with Gasteiger partial charge in [0.05, 0.1) is 5.56 Å². The SMILES string of the molecule is O=C(O)c1ccc(C[C@@H](C(=O)O)N([O-])CCCCC[C@@H]2CCSS2)cc1. The van der Waals surface area contributed by atoms with Gasteiger partial charge in [0.1, 0.15) is 6.04 Å². The fourth-order valence-corrected chi connectivity index (χ4v) is 5.88. The molecule has 26 heavy (non-hydrogen) atoms. The fraction of sp³-hybridized carbons (Fsp3) is 0.556. The van der Waals surface area contributed by atoms with Crippen LogP contribution in [0.15, 0.2) is 24.3 Å². The molecule has 1 aliphatic heterocycles. The van der Waals surface area contributed by atoms with Gasteiger partial charge in [0.2, 0.25) is 0 Å². The molecule has 1 heterocycles. The summed E-state index contributed by atoms with van der Waals surface area (Å²) >= 11 is 0. The number of hydrogen-bond donors (Lipinski definition) is 2. The molecule has 1 fully saturated rings. The number of hydrogen-bond acceptors (Lipinski definition) is 6. The van der Waals surface area contributed by atoms with E-state index in [4.69, 9.17) is 5.11 Å². The highest BCUT2D eigenvalue weighted by Crippen LogP contribution is 2.39. The van der Waals surface area contributed by atoms with E-state index in [-0.39, 0.29) is 18.5 Å². The van der Waals surface area contributed by atoms with Crippen LogP contribution in [0.25, 0.3) is 0 Å². The molecular weight excluding hydrogens is 374 g/mol. The van der Waals surface area contributed by atoms with Gasteiger partial charge in [-0.1, -0.05) is 46.6 Å². The third-order valence-corrected chi connectivity index (χ3v) is 7.40. The number of benzene rings is 1. The summed E-state index contributed by atoms with van der Waals surface area (Å²) in [5.74, 6) is -0.967. The van der Waals surface area contributed by atoms with Crippen molar-refractivity contribution >= 4 is 33.5 Å². The maximum absolute atomic E-state index is 12.2. The number of unbranched alkanes of at least 4 members (excludes halogenated alkanes) is 2. The Bertz CT molecular complexity index is 590. The number of aromatic carboxylic acids is 1. The Kier molecular flexibility index (Phi) is 8.77. The van der Waals surface area contributed by atoms with Crippen molar-refractivity contribution in [2.45, 2.75) is 49.8 Å². The van der Waals surface area contributed by atoms with E-state index in [1.165, 1.54) is 24.3 Å². The predicted molar refractivity (Wildman–Crippen MR) is 106 cm³/mol. The molecule has 0 unspecified atom stereocenters. The molecule has 8 heteroatoms. The largest absolute Gasteiger partial charge is 0.785 e. The monoisotopic (exact) mass is 398 g/mol. The van der Waals surface area contributed by atoms with Crippen LogP contribution >= 0.6 is 21.6 Å². The van der Waals surface area contributed by atoms with Crippen molar-refractivity contribution in [3.63, 3.8) is 0 Å². The zero-order chi connectivity index (χ0) is 18.9. The predicted octanol–water partition coefficient (Wildman–Crippen LogP) is 3.89. The maximum Gasteiger partial charge on any atom is 0.335 e. The number of aliphatic carboxylic acids is 1. The summed E-state index contributed by atoms with van der Waals surface area (Å²) in [7, 11) is 3.87. The lowest BCUT2D eigenvalue weighted by Gasteiger charge is -2.34. The Hall–Kier alpha value is -1.22. The minimum absolute atomic E-state index is 0.0642. The summed E-state index contributed by atoms with van der Waals surface area (Å²) in [4.78, 5) is 22.3. The van der Waals surface area contributed by atoms with Crippen LogP contribution in [0, 0.1) is 5.21 Å². The third-order valence-electron chi connectivity index (χ3n) is 4.39. The molecule has 0 aliphatic carbocycles. The molecule has 0 bridgehead atoms. The van der Waals surface area contributed by atoms with Gasteiger partial charge in [-0.05, 0) is 49.9 Å². The Morgan fingerprint density at radius 1 is 1.19 bits per heavy atom. The van der Waals surface area contributed by atoms with E-state index in [0.29, 0.717) is 17.0 Å².